The molecule has 2 aromatic heterocycles. The number of thiophene rings is 1. The van der Waals surface area contributed by atoms with E-state index in [1.165, 1.54) is 29.6 Å². The van der Waals surface area contributed by atoms with Crippen molar-refractivity contribution < 1.29 is 23.4 Å². The second-order valence-electron chi connectivity index (χ2n) is 6.33. The van der Waals surface area contributed by atoms with Gasteiger partial charge in [0.05, 0.1) is 27.2 Å². The summed E-state index contributed by atoms with van der Waals surface area (Å²) in [4.78, 5) is 39.1. The van der Waals surface area contributed by atoms with Crippen molar-refractivity contribution in [3.05, 3.63) is 89.7 Å². The zero-order valence-corrected chi connectivity index (χ0v) is 16.9. The molecule has 0 amide bonds. The standard InChI is InChI=1S/C20H11ClF2N2O5S/c21-11-5-4-9(30-7-10-12(22)2-1-3-13(10)23)6-15(11)25-18(26)16-14(24-20(25)29)8-31-17(16)19(27)28/h1-6,8H,7H2,(H,24,29)(H,27,28). The number of ether oxygens (including phenoxy) is 1. The first kappa shape index (κ1) is 20.8. The van der Waals surface area contributed by atoms with Crippen molar-refractivity contribution in [2.24, 2.45) is 0 Å². The van der Waals surface area contributed by atoms with Gasteiger partial charge in [-0.25, -0.2) is 22.9 Å². The zero-order valence-electron chi connectivity index (χ0n) is 15.3. The minimum atomic E-state index is -1.31. The first-order valence-electron chi connectivity index (χ1n) is 8.63. The molecule has 158 valence electrons. The fraction of sp³-hybridized carbons (Fsp3) is 0.0500. The van der Waals surface area contributed by atoms with Gasteiger partial charge in [0.1, 0.15) is 28.9 Å². The van der Waals surface area contributed by atoms with E-state index in [4.69, 9.17) is 16.3 Å². The Morgan fingerprint density at radius 1 is 1.19 bits per heavy atom. The summed E-state index contributed by atoms with van der Waals surface area (Å²) in [5.74, 6) is -2.81. The Kier molecular flexibility index (Phi) is 5.34. The summed E-state index contributed by atoms with van der Waals surface area (Å²) >= 11 is 6.97. The van der Waals surface area contributed by atoms with Crippen LogP contribution in [-0.4, -0.2) is 20.6 Å². The Balaban J connectivity index is 1.80. The highest BCUT2D eigenvalue weighted by Gasteiger charge is 2.20. The van der Waals surface area contributed by atoms with Gasteiger partial charge in [-0.15, -0.1) is 11.3 Å². The lowest BCUT2D eigenvalue weighted by Crippen LogP contribution is -2.34. The van der Waals surface area contributed by atoms with Crippen molar-refractivity contribution in [3.63, 3.8) is 0 Å². The number of aromatic nitrogens is 2. The Morgan fingerprint density at radius 2 is 1.90 bits per heavy atom. The average molecular weight is 465 g/mol. The maximum atomic E-state index is 13.8. The number of hydrogen-bond acceptors (Lipinski definition) is 5. The first-order valence-corrected chi connectivity index (χ1v) is 9.89. The van der Waals surface area contributed by atoms with E-state index < -0.39 is 35.5 Å². The lowest BCUT2D eigenvalue weighted by atomic mass is 10.2. The van der Waals surface area contributed by atoms with Gasteiger partial charge in [0.15, 0.2) is 0 Å². The van der Waals surface area contributed by atoms with Crippen LogP contribution in [0.2, 0.25) is 5.02 Å². The summed E-state index contributed by atoms with van der Waals surface area (Å²) in [7, 11) is 0. The van der Waals surface area contributed by atoms with Crippen LogP contribution < -0.4 is 16.0 Å². The van der Waals surface area contributed by atoms with E-state index in [0.29, 0.717) is 4.57 Å². The van der Waals surface area contributed by atoms with E-state index in [2.05, 4.69) is 4.98 Å². The first-order chi connectivity index (χ1) is 14.8. The second kappa shape index (κ2) is 7.97. The average Bonchev–Trinajstić information content (AvgIpc) is 3.14. The maximum Gasteiger partial charge on any atom is 0.346 e. The second-order valence-corrected chi connectivity index (χ2v) is 7.62. The Bertz CT molecular complexity index is 1440. The van der Waals surface area contributed by atoms with E-state index in [1.54, 1.807) is 0 Å². The Morgan fingerprint density at radius 3 is 2.58 bits per heavy atom. The summed E-state index contributed by atoms with van der Waals surface area (Å²) in [5, 5.41) is 10.5. The number of hydrogen-bond donors (Lipinski definition) is 2. The van der Waals surface area contributed by atoms with Gasteiger partial charge in [0.2, 0.25) is 0 Å². The van der Waals surface area contributed by atoms with Gasteiger partial charge in [-0.2, -0.15) is 0 Å². The number of carboxylic acid groups (broad SMARTS) is 1. The summed E-state index contributed by atoms with van der Waals surface area (Å²) in [5.41, 5.74) is -2.00. The highest BCUT2D eigenvalue weighted by atomic mass is 35.5. The van der Waals surface area contributed by atoms with Crippen LogP contribution in [0.15, 0.2) is 51.4 Å². The van der Waals surface area contributed by atoms with Crippen LogP contribution in [-0.2, 0) is 6.61 Å². The fourth-order valence-electron chi connectivity index (χ4n) is 2.99. The molecule has 0 saturated heterocycles. The van der Waals surface area contributed by atoms with Gasteiger partial charge in [0, 0.05) is 11.4 Å². The molecule has 0 bridgehead atoms. The van der Waals surface area contributed by atoms with Gasteiger partial charge in [-0.05, 0) is 24.3 Å². The van der Waals surface area contributed by atoms with E-state index >= 15 is 0 Å². The third kappa shape index (κ3) is 3.71. The molecular weight excluding hydrogens is 454 g/mol. The van der Waals surface area contributed by atoms with Crippen molar-refractivity contribution in [1.29, 1.82) is 0 Å². The van der Waals surface area contributed by atoms with Crippen LogP contribution in [0.3, 0.4) is 0 Å². The molecule has 4 rings (SSSR count). The smallest absolute Gasteiger partial charge is 0.346 e. The van der Waals surface area contributed by atoms with E-state index in [1.807, 2.05) is 0 Å². The molecule has 0 atom stereocenters. The Hall–Kier alpha value is -3.50. The van der Waals surface area contributed by atoms with E-state index in [9.17, 15) is 28.3 Å². The lowest BCUT2D eigenvalue weighted by Gasteiger charge is -2.12. The summed E-state index contributed by atoms with van der Waals surface area (Å²) in [6.07, 6.45) is 0. The monoisotopic (exact) mass is 464 g/mol. The molecule has 0 aliphatic heterocycles. The molecule has 0 fully saturated rings. The highest BCUT2D eigenvalue weighted by molar-refractivity contribution is 7.13. The number of benzene rings is 2. The number of halogens is 3. The van der Waals surface area contributed by atoms with Gasteiger partial charge < -0.3 is 14.8 Å². The molecule has 0 radical (unpaired) electrons. The Labute approximate surface area is 180 Å². The van der Waals surface area contributed by atoms with Gasteiger partial charge in [-0.1, -0.05) is 17.7 Å². The van der Waals surface area contributed by atoms with Crippen molar-refractivity contribution in [1.82, 2.24) is 9.55 Å². The molecule has 2 heterocycles. The summed E-state index contributed by atoms with van der Waals surface area (Å²) in [6, 6.07) is 7.38. The third-order valence-corrected chi connectivity index (χ3v) is 5.74. The van der Waals surface area contributed by atoms with E-state index in [-0.39, 0.29) is 37.8 Å². The van der Waals surface area contributed by atoms with E-state index in [0.717, 1.165) is 23.5 Å². The normalized spacial score (nSPS) is 11.1. The summed E-state index contributed by atoms with van der Waals surface area (Å²) < 4.78 is 33.7. The molecule has 0 saturated carbocycles. The number of nitrogens with zero attached hydrogens (tertiary/aromatic N) is 1. The minimum Gasteiger partial charge on any atom is -0.489 e. The number of H-pyrrole nitrogens is 1. The van der Waals surface area contributed by atoms with Crippen molar-refractivity contribution in [2.75, 3.05) is 0 Å². The van der Waals surface area contributed by atoms with Gasteiger partial charge >= 0.3 is 11.7 Å². The van der Waals surface area contributed by atoms with Crippen molar-refractivity contribution in [3.8, 4) is 11.4 Å². The third-order valence-electron chi connectivity index (χ3n) is 4.45. The molecule has 11 heteroatoms. The number of carbonyl (C=O) groups is 1. The van der Waals surface area contributed by atoms with Crippen LogP contribution in [0.5, 0.6) is 5.75 Å². The molecule has 2 N–H and O–H groups in total. The largest absolute Gasteiger partial charge is 0.489 e. The topological polar surface area (TPSA) is 101 Å². The minimum absolute atomic E-state index is 0.00322. The van der Waals surface area contributed by atoms with Crippen LogP contribution in [0.25, 0.3) is 16.6 Å². The SMILES string of the molecule is O=C(O)c1scc2[nH]c(=O)n(-c3cc(OCc4c(F)cccc4F)ccc3Cl)c(=O)c12. The predicted molar refractivity (Wildman–Crippen MR) is 111 cm³/mol. The highest BCUT2D eigenvalue weighted by Crippen LogP contribution is 2.27. The van der Waals surface area contributed by atoms with Crippen molar-refractivity contribution >= 4 is 39.8 Å². The number of carboxylic acids is 1. The predicted octanol–water partition coefficient (Wildman–Crippen LogP) is 3.95. The summed E-state index contributed by atoms with van der Waals surface area (Å²) in [6.45, 7) is -0.447. The number of rotatable bonds is 5. The number of fused-ring (bicyclic) bond motifs is 1. The number of nitrogens with one attached hydrogen (secondary N) is 1. The molecule has 0 spiro atoms. The van der Waals surface area contributed by atoms with Crippen LogP contribution >= 0.6 is 22.9 Å². The number of aromatic carboxylic acids is 1. The molecule has 0 aliphatic carbocycles. The molecule has 0 aliphatic rings. The van der Waals surface area contributed by atoms with Crippen LogP contribution in [0, 0.1) is 11.6 Å². The van der Waals surface area contributed by atoms with Crippen LogP contribution in [0.4, 0.5) is 8.78 Å². The molecule has 4 aromatic rings. The molecule has 7 nitrogen and oxygen atoms in total. The molecule has 31 heavy (non-hydrogen) atoms. The molecule has 2 aromatic carbocycles. The maximum absolute atomic E-state index is 13.8. The van der Waals surface area contributed by atoms with Gasteiger partial charge in [0.25, 0.3) is 5.56 Å². The number of aromatic amines is 1. The van der Waals surface area contributed by atoms with Crippen LogP contribution in [0.1, 0.15) is 15.2 Å². The lowest BCUT2D eigenvalue weighted by molar-refractivity contribution is 0.0704. The molecule has 0 unspecified atom stereocenters. The van der Waals surface area contributed by atoms with Gasteiger partial charge in [-0.3, -0.25) is 4.79 Å². The zero-order chi connectivity index (χ0) is 22.3. The van der Waals surface area contributed by atoms with Crippen molar-refractivity contribution in [2.45, 2.75) is 6.61 Å². The quantitative estimate of drug-likeness (QED) is 0.465. The fourth-order valence-corrected chi connectivity index (χ4v) is 4.02. The molecular formula is C20H11ClF2N2O5S.